The number of carboxylic acid groups (broad SMARTS) is 1. The molecule has 5 heteroatoms. The Bertz CT molecular complexity index is 606. The maximum atomic E-state index is 12.5. The Morgan fingerprint density at radius 2 is 2.00 bits per heavy atom. The molecule has 0 fully saturated rings. The van der Waals surface area contributed by atoms with Gasteiger partial charge in [0.05, 0.1) is 6.61 Å². The molecule has 0 aliphatic heterocycles. The number of esters is 1. The van der Waals surface area contributed by atoms with Gasteiger partial charge in [-0.2, -0.15) is 0 Å². The molecule has 0 saturated heterocycles. The Morgan fingerprint density at radius 1 is 1.36 bits per heavy atom. The van der Waals surface area contributed by atoms with E-state index < -0.39 is 23.3 Å². The number of halogens is 1. The van der Waals surface area contributed by atoms with Crippen molar-refractivity contribution in [2.24, 2.45) is 5.41 Å². The van der Waals surface area contributed by atoms with Crippen molar-refractivity contribution in [3.8, 4) is 0 Å². The number of rotatable bonds is 4. The van der Waals surface area contributed by atoms with Gasteiger partial charge < -0.3 is 9.84 Å². The van der Waals surface area contributed by atoms with Crippen LogP contribution >= 0.6 is 11.6 Å². The van der Waals surface area contributed by atoms with Gasteiger partial charge in [0.1, 0.15) is 0 Å². The first-order chi connectivity index (χ1) is 10.4. The fraction of sp³-hybridized carbons (Fsp3) is 0.412. The molecule has 1 aromatic carbocycles. The maximum Gasteiger partial charge on any atom is 0.324 e. The first-order valence-corrected chi connectivity index (χ1v) is 7.61. The highest BCUT2D eigenvalue weighted by Gasteiger charge is 2.55. The molecule has 0 spiro atoms. The van der Waals surface area contributed by atoms with Gasteiger partial charge in [-0.25, -0.2) is 0 Å². The van der Waals surface area contributed by atoms with Crippen LogP contribution in [0.15, 0.2) is 35.9 Å². The molecular weight excluding hydrogens is 304 g/mol. The molecule has 1 aliphatic carbocycles. The summed E-state index contributed by atoms with van der Waals surface area (Å²) in [4.78, 5) is 24.5. The second-order valence-electron chi connectivity index (χ2n) is 5.56. The van der Waals surface area contributed by atoms with Gasteiger partial charge in [0.25, 0.3) is 0 Å². The van der Waals surface area contributed by atoms with E-state index in [4.69, 9.17) is 16.3 Å². The second kappa shape index (κ2) is 6.53. The summed E-state index contributed by atoms with van der Waals surface area (Å²) in [5, 5.41) is 10.4. The van der Waals surface area contributed by atoms with E-state index in [9.17, 15) is 14.7 Å². The fourth-order valence-electron chi connectivity index (χ4n) is 2.96. The van der Waals surface area contributed by atoms with E-state index in [-0.39, 0.29) is 13.0 Å². The molecule has 1 aliphatic rings. The van der Waals surface area contributed by atoms with Gasteiger partial charge in [0, 0.05) is 10.9 Å². The Morgan fingerprint density at radius 3 is 2.55 bits per heavy atom. The zero-order valence-electron chi connectivity index (χ0n) is 12.6. The third kappa shape index (κ3) is 2.88. The number of carbonyl (C=O) groups is 2. The van der Waals surface area contributed by atoms with Gasteiger partial charge in [-0.1, -0.05) is 35.4 Å². The van der Waals surface area contributed by atoms with Crippen molar-refractivity contribution >= 4 is 23.5 Å². The fourth-order valence-corrected chi connectivity index (χ4v) is 3.09. The molecule has 0 aromatic heterocycles. The van der Waals surface area contributed by atoms with Crippen molar-refractivity contribution in [1.29, 1.82) is 0 Å². The van der Waals surface area contributed by atoms with Crippen molar-refractivity contribution in [3.63, 3.8) is 0 Å². The Hall–Kier alpha value is -1.81. The Kier molecular flexibility index (Phi) is 4.91. The van der Waals surface area contributed by atoms with Crippen LogP contribution in [0.5, 0.6) is 0 Å². The van der Waals surface area contributed by atoms with Crippen LogP contribution in [0.1, 0.15) is 38.2 Å². The molecule has 0 bridgehead atoms. The SMILES string of the molecule is CCOC(=O)[C@]1(C(=O)O)CC=C(C)C[C@H]1c1ccc(Cl)cc1. The lowest BCUT2D eigenvalue weighted by Crippen LogP contribution is -2.47. The van der Waals surface area contributed by atoms with E-state index in [0.29, 0.717) is 11.4 Å². The Balaban J connectivity index is 2.54. The number of allylic oxidation sites excluding steroid dienone is 2. The molecule has 22 heavy (non-hydrogen) atoms. The minimum atomic E-state index is -1.58. The lowest BCUT2D eigenvalue weighted by Gasteiger charge is -2.38. The zero-order valence-corrected chi connectivity index (χ0v) is 13.4. The predicted molar refractivity (Wildman–Crippen MR) is 83.9 cm³/mol. The van der Waals surface area contributed by atoms with Crippen LogP contribution in [0, 0.1) is 5.41 Å². The van der Waals surface area contributed by atoms with E-state index >= 15 is 0 Å². The van der Waals surface area contributed by atoms with Gasteiger partial charge in [-0.05, 0) is 44.4 Å². The van der Waals surface area contributed by atoms with Crippen LogP contribution in [-0.2, 0) is 14.3 Å². The summed E-state index contributed by atoms with van der Waals surface area (Å²) in [6, 6.07) is 6.98. The van der Waals surface area contributed by atoms with Crippen molar-refractivity contribution in [1.82, 2.24) is 0 Å². The van der Waals surface area contributed by atoms with Crippen LogP contribution in [0.4, 0.5) is 0 Å². The monoisotopic (exact) mass is 322 g/mol. The molecular formula is C17H19ClO4. The molecule has 0 unspecified atom stereocenters. The van der Waals surface area contributed by atoms with Crippen molar-refractivity contribution < 1.29 is 19.4 Å². The number of ether oxygens (including phenoxy) is 1. The summed E-state index contributed by atoms with van der Waals surface area (Å²) >= 11 is 5.91. The van der Waals surface area contributed by atoms with Gasteiger partial charge in [-0.3, -0.25) is 9.59 Å². The first kappa shape index (κ1) is 16.6. The Labute approximate surface area is 134 Å². The third-order valence-corrected chi connectivity index (χ3v) is 4.44. The molecule has 2 rings (SSSR count). The van der Waals surface area contributed by atoms with Gasteiger partial charge in [-0.15, -0.1) is 0 Å². The largest absolute Gasteiger partial charge is 0.480 e. The summed E-state index contributed by atoms with van der Waals surface area (Å²) in [5.74, 6) is -2.29. The van der Waals surface area contributed by atoms with E-state index in [1.54, 1.807) is 31.2 Å². The van der Waals surface area contributed by atoms with Crippen LogP contribution in [-0.4, -0.2) is 23.7 Å². The first-order valence-electron chi connectivity index (χ1n) is 7.23. The van der Waals surface area contributed by atoms with Crippen molar-refractivity contribution in [2.45, 2.75) is 32.6 Å². The summed E-state index contributed by atoms with van der Waals surface area (Å²) in [5.41, 5.74) is 0.275. The third-order valence-electron chi connectivity index (χ3n) is 4.19. The summed E-state index contributed by atoms with van der Waals surface area (Å²) in [7, 11) is 0. The highest BCUT2D eigenvalue weighted by Crippen LogP contribution is 2.48. The van der Waals surface area contributed by atoms with Crippen LogP contribution in [0.2, 0.25) is 5.02 Å². The normalized spacial score (nSPS) is 24.5. The molecule has 1 N–H and O–H groups in total. The number of carbonyl (C=O) groups excluding carboxylic acids is 1. The predicted octanol–water partition coefficient (Wildman–Crippen LogP) is 3.80. The van der Waals surface area contributed by atoms with E-state index in [1.807, 2.05) is 13.0 Å². The molecule has 2 atom stereocenters. The molecule has 118 valence electrons. The zero-order chi connectivity index (χ0) is 16.3. The quantitative estimate of drug-likeness (QED) is 0.520. The van der Waals surface area contributed by atoms with Gasteiger partial charge in [0.15, 0.2) is 5.41 Å². The highest BCUT2D eigenvalue weighted by atomic mass is 35.5. The van der Waals surface area contributed by atoms with Crippen molar-refractivity contribution in [3.05, 3.63) is 46.5 Å². The number of benzene rings is 1. The molecule has 0 heterocycles. The second-order valence-corrected chi connectivity index (χ2v) is 6.00. The minimum absolute atomic E-state index is 0.139. The maximum absolute atomic E-state index is 12.5. The van der Waals surface area contributed by atoms with Gasteiger partial charge in [0.2, 0.25) is 0 Å². The van der Waals surface area contributed by atoms with E-state index in [0.717, 1.165) is 11.1 Å². The standard InChI is InChI=1S/C17H19ClO4/c1-3-22-16(21)17(15(19)20)9-8-11(2)10-14(17)12-4-6-13(18)7-5-12/h4-8,14H,3,9-10H2,1-2H3,(H,19,20)/t14-,17+/m0/s1. The minimum Gasteiger partial charge on any atom is -0.480 e. The highest BCUT2D eigenvalue weighted by molar-refractivity contribution is 6.30. The lowest BCUT2D eigenvalue weighted by atomic mass is 9.64. The summed E-state index contributed by atoms with van der Waals surface area (Å²) in [6.07, 6.45) is 2.46. The number of hydrogen-bond acceptors (Lipinski definition) is 3. The van der Waals surface area contributed by atoms with E-state index in [1.165, 1.54) is 0 Å². The summed E-state index contributed by atoms with van der Waals surface area (Å²) < 4.78 is 5.08. The van der Waals surface area contributed by atoms with E-state index in [2.05, 4.69) is 0 Å². The molecule has 0 saturated carbocycles. The van der Waals surface area contributed by atoms with Crippen LogP contribution < -0.4 is 0 Å². The summed E-state index contributed by atoms with van der Waals surface area (Å²) in [6.45, 7) is 3.78. The van der Waals surface area contributed by atoms with Crippen molar-refractivity contribution in [2.75, 3.05) is 6.61 Å². The van der Waals surface area contributed by atoms with Crippen LogP contribution in [0.25, 0.3) is 0 Å². The number of hydrogen-bond donors (Lipinski definition) is 1. The molecule has 1 aromatic rings. The lowest BCUT2D eigenvalue weighted by molar-refractivity contribution is -0.171. The molecule has 0 radical (unpaired) electrons. The number of aliphatic carboxylic acids is 1. The number of carboxylic acids is 1. The smallest absolute Gasteiger partial charge is 0.324 e. The average Bonchev–Trinajstić information content (AvgIpc) is 2.48. The van der Waals surface area contributed by atoms with Gasteiger partial charge >= 0.3 is 11.9 Å². The average molecular weight is 323 g/mol. The molecule has 0 amide bonds. The topological polar surface area (TPSA) is 63.6 Å². The van der Waals surface area contributed by atoms with Crippen LogP contribution in [0.3, 0.4) is 0 Å². The molecule has 4 nitrogen and oxygen atoms in total.